The SMILES string of the molecule is CC(C)(C)CNCc1ccc(N2CCOCC2)cc1. The molecule has 3 heteroatoms. The molecular formula is C16H26N2O. The third kappa shape index (κ3) is 4.84. The van der Waals surface area contributed by atoms with Crippen LogP contribution in [-0.2, 0) is 11.3 Å². The lowest BCUT2D eigenvalue weighted by Crippen LogP contribution is -2.36. The van der Waals surface area contributed by atoms with E-state index in [4.69, 9.17) is 4.74 Å². The van der Waals surface area contributed by atoms with Gasteiger partial charge in [0.2, 0.25) is 0 Å². The van der Waals surface area contributed by atoms with E-state index in [2.05, 4.69) is 55.3 Å². The fraction of sp³-hybridized carbons (Fsp3) is 0.625. The van der Waals surface area contributed by atoms with Crippen molar-refractivity contribution < 1.29 is 4.74 Å². The van der Waals surface area contributed by atoms with Crippen molar-refractivity contribution in [2.45, 2.75) is 27.3 Å². The number of morpholine rings is 1. The molecule has 1 aromatic rings. The van der Waals surface area contributed by atoms with Gasteiger partial charge in [0.1, 0.15) is 0 Å². The van der Waals surface area contributed by atoms with Gasteiger partial charge in [0, 0.05) is 31.9 Å². The standard InChI is InChI=1S/C16H26N2O/c1-16(2,3)13-17-12-14-4-6-15(7-5-14)18-8-10-19-11-9-18/h4-7,17H,8-13H2,1-3H3. The molecular weight excluding hydrogens is 236 g/mol. The molecule has 0 aliphatic carbocycles. The molecule has 1 N–H and O–H groups in total. The average Bonchev–Trinajstić information content (AvgIpc) is 2.39. The molecule has 1 aliphatic heterocycles. The highest BCUT2D eigenvalue weighted by Crippen LogP contribution is 2.17. The van der Waals surface area contributed by atoms with Gasteiger partial charge >= 0.3 is 0 Å². The van der Waals surface area contributed by atoms with Gasteiger partial charge in [0.05, 0.1) is 13.2 Å². The first-order valence-corrected chi connectivity index (χ1v) is 7.17. The highest BCUT2D eigenvalue weighted by atomic mass is 16.5. The summed E-state index contributed by atoms with van der Waals surface area (Å²) >= 11 is 0. The maximum Gasteiger partial charge on any atom is 0.0642 e. The fourth-order valence-electron chi connectivity index (χ4n) is 2.23. The summed E-state index contributed by atoms with van der Waals surface area (Å²) in [6.07, 6.45) is 0. The highest BCUT2D eigenvalue weighted by molar-refractivity contribution is 5.47. The highest BCUT2D eigenvalue weighted by Gasteiger charge is 2.11. The van der Waals surface area contributed by atoms with Gasteiger partial charge in [-0.2, -0.15) is 0 Å². The minimum absolute atomic E-state index is 0.341. The second-order valence-corrected chi connectivity index (χ2v) is 6.43. The number of hydrogen-bond acceptors (Lipinski definition) is 3. The summed E-state index contributed by atoms with van der Waals surface area (Å²) in [5, 5.41) is 3.51. The molecule has 2 rings (SSSR count). The molecule has 0 atom stereocenters. The topological polar surface area (TPSA) is 24.5 Å². The summed E-state index contributed by atoms with van der Waals surface area (Å²) in [6, 6.07) is 8.89. The van der Waals surface area contributed by atoms with Crippen molar-refractivity contribution in [3.63, 3.8) is 0 Å². The molecule has 0 saturated carbocycles. The zero-order valence-electron chi connectivity index (χ0n) is 12.4. The first-order chi connectivity index (χ1) is 9.04. The van der Waals surface area contributed by atoms with E-state index in [1.54, 1.807) is 0 Å². The van der Waals surface area contributed by atoms with Gasteiger partial charge in [-0.25, -0.2) is 0 Å². The Morgan fingerprint density at radius 3 is 2.32 bits per heavy atom. The Balaban J connectivity index is 1.84. The van der Waals surface area contributed by atoms with E-state index in [0.717, 1.165) is 39.4 Å². The Hall–Kier alpha value is -1.06. The van der Waals surface area contributed by atoms with Crippen molar-refractivity contribution >= 4 is 5.69 Å². The predicted molar refractivity (Wildman–Crippen MR) is 80.6 cm³/mol. The number of benzene rings is 1. The number of anilines is 1. The second kappa shape index (κ2) is 6.40. The quantitative estimate of drug-likeness (QED) is 0.903. The molecule has 1 aromatic carbocycles. The number of hydrogen-bond donors (Lipinski definition) is 1. The van der Waals surface area contributed by atoms with Crippen LogP contribution < -0.4 is 10.2 Å². The Bertz CT molecular complexity index is 375. The molecule has 0 unspecified atom stereocenters. The van der Waals surface area contributed by atoms with Crippen LogP contribution in [0.25, 0.3) is 0 Å². The molecule has 1 heterocycles. The summed E-state index contributed by atoms with van der Waals surface area (Å²) in [5.74, 6) is 0. The molecule has 0 radical (unpaired) electrons. The molecule has 1 fully saturated rings. The minimum Gasteiger partial charge on any atom is -0.378 e. The first-order valence-electron chi connectivity index (χ1n) is 7.17. The van der Waals surface area contributed by atoms with Crippen molar-refractivity contribution in [2.24, 2.45) is 5.41 Å². The van der Waals surface area contributed by atoms with Crippen molar-refractivity contribution in [1.29, 1.82) is 0 Å². The number of nitrogens with zero attached hydrogens (tertiary/aromatic N) is 1. The number of ether oxygens (including phenoxy) is 1. The van der Waals surface area contributed by atoms with Crippen LogP contribution in [0.4, 0.5) is 5.69 Å². The van der Waals surface area contributed by atoms with Crippen LogP contribution in [0.5, 0.6) is 0 Å². The van der Waals surface area contributed by atoms with Crippen LogP contribution in [0, 0.1) is 5.41 Å². The van der Waals surface area contributed by atoms with E-state index in [0.29, 0.717) is 5.41 Å². The fourth-order valence-corrected chi connectivity index (χ4v) is 2.23. The lowest BCUT2D eigenvalue weighted by Gasteiger charge is -2.29. The largest absolute Gasteiger partial charge is 0.378 e. The predicted octanol–water partition coefficient (Wildman–Crippen LogP) is 2.66. The Kier molecular flexibility index (Phi) is 4.83. The summed E-state index contributed by atoms with van der Waals surface area (Å²) in [4.78, 5) is 2.38. The maximum absolute atomic E-state index is 5.38. The van der Waals surface area contributed by atoms with Gasteiger partial charge in [-0.3, -0.25) is 0 Å². The van der Waals surface area contributed by atoms with E-state index in [9.17, 15) is 0 Å². The van der Waals surface area contributed by atoms with Crippen LogP contribution in [0.1, 0.15) is 26.3 Å². The Morgan fingerprint density at radius 2 is 1.74 bits per heavy atom. The molecule has 19 heavy (non-hydrogen) atoms. The maximum atomic E-state index is 5.38. The van der Waals surface area contributed by atoms with Crippen LogP contribution >= 0.6 is 0 Å². The second-order valence-electron chi connectivity index (χ2n) is 6.43. The molecule has 0 spiro atoms. The van der Waals surface area contributed by atoms with Gasteiger partial charge in [0.25, 0.3) is 0 Å². The number of rotatable bonds is 4. The zero-order chi connectivity index (χ0) is 13.7. The van der Waals surface area contributed by atoms with E-state index >= 15 is 0 Å². The van der Waals surface area contributed by atoms with Gasteiger partial charge in [-0.05, 0) is 23.1 Å². The normalized spacial score (nSPS) is 16.7. The molecule has 0 bridgehead atoms. The van der Waals surface area contributed by atoms with E-state index in [1.165, 1.54) is 11.3 Å². The molecule has 1 aliphatic rings. The summed E-state index contributed by atoms with van der Waals surface area (Å²) in [7, 11) is 0. The summed E-state index contributed by atoms with van der Waals surface area (Å²) < 4.78 is 5.38. The van der Waals surface area contributed by atoms with E-state index < -0.39 is 0 Å². The first kappa shape index (κ1) is 14.4. The molecule has 3 nitrogen and oxygen atoms in total. The van der Waals surface area contributed by atoms with Crippen LogP contribution in [0.15, 0.2) is 24.3 Å². The van der Waals surface area contributed by atoms with Gasteiger partial charge < -0.3 is 15.0 Å². The summed E-state index contributed by atoms with van der Waals surface area (Å²) in [6.45, 7) is 12.4. The monoisotopic (exact) mass is 262 g/mol. The van der Waals surface area contributed by atoms with Crippen molar-refractivity contribution in [1.82, 2.24) is 5.32 Å². The lowest BCUT2D eigenvalue weighted by molar-refractivity contribution is 0.122. The van der Waals surface area contributed by atoms with Crippen molar-refractivity contribution in [3.05, 3.63) is 29.8 Å². The summed E-state index contributed by atoms with van der Waals surface area (Å²) in [5.41, 5.74) is 3.00. The number of nitrogens with one attached hydrogen (secondary N) is 1. The third-order valence-corrected chi connectivity index (χ3v) is 3.30. The minimum atomic E-state index is 0.341. The van der Waals surface area contributed by atoms with E-state index in [-0.39, 0.29) is 0 Å². The van der Waals surface area contributed by atoms with Crippen LogP contribution in [0.2, 0.25) is 0 Å². The molecule has 1 saturated heterocycles. The van der Waals surface area contributed by atoms with Crippen LogP contribution in [-0.4, -0.2) is 32.8 Å². The Labute approximate surface area is 116 Å². The van der Waals surface area contributed by atoms with Crippen molar-refractivity contribution in [2.75, 3.05) is 37.7 Å². The molecule has 0 aromatic heterocycles. The van der Waals surface area contributed by atoms with Gasteiger partial charge in [0.15, 0.2) is 0 Å². The average molecular weight is 262 g/mol. The zero-order valence-corrected chi connectivity index (χ0v) is 12.4. The lowest BCUT2D eigenvalue weighted by atomic mass is 9.97. The smallest absolute Gasteiger partial charge is 0.0642 e. The van der Waals surface area contributed by atoms with Gasteiger partial charge in [-0.1, -0.05) is 32.9 Å². The van der Waals surface area contributed by atoms with E-state index in [1.807, 2.05) is 0 Å². The van der Waals surface area contributed by atoms with Crippen molar-refractivity contribution in [3.8, 4) is 0 Å². The Morgan fingerprint density at radius 1 is 1.11 bits per heavy atom. The van der Waals surface area contributed by atoms with Gasteiger partial charge in [-0.15, -0.1) is 0 Å². The molecule has 106 valence electrons. The molecule has 0 amide bonds. The van der Waals surface area contributed by atoms with Crippen LogP contribution in [0.3, 0.4) is 0 Å². The third-order valence-electron chi connectivity index (χ3n) is 3.30.